The zero-order valence-corrected chi connectivity index (χ0v) is 16.2. The molecule has 1 aromatic heterocycles. The lowest BCUT2D eigenvalue weighted by molar-refractivity contribution is 0.0741. The Labute approximate surface area is 153 Å². The highest BCUT2D eigenvalue weighted by molar-refractivity contribution is 7.92. The first-order valence-electron chi connectivity index (χ1n) is 8.36. The van der Waals surface area contributed by atoms with Crippen LogP contribution < -0.4 is 4.72 Å². The molecule has 25 heavy (non-hydrogen) atoms. The molecule has 1 aromatic carbocycles. The minimum absolute atomic E-state index is 0.0130. The van der Waals surface area contributed by atoms with Gasteiger partial charge in [0.05, 0.1) is 5.75 Å². The minimum atomic E-state index is -3.31. The maximum Gasteiger partial charge on any atom is 0.254 e. The lowest BCUT2D eigenvalue weighted by atomic mass is 10.1. The molecule has 1 heterocycles. The zero-order valence-electron chi connectivity index (χ0n) is 14.6. The van der Waals surface area contributed by atoms with Crippen LogP contribution in [-0.2, 0) is 16.6 Å². The van der Waals surface area contributed by atoms with Crippen LogP contribution in [0.4, 0.5) is 5.69 Å². The van der Waals surface area contributed by atoms with E-state index in [9.17, 15) is 13.2 Å². The monoisotopic (exact) mass is 380 g/mol. The Balaban J connectivity index is 2.12. The number of benzene rings is 1. The molecule has 2 rings (SSSR count). The van der Waals surface area contributed by atoms with E-state index in [2.05, 4.69) is 17.0 Å². The Morgan fingerprint density at radius 1 is 1.16 bits per heavy atom. The summed E-state index contributed by atoms with van der Waals surface area (Å²) in [5.41, 5.74) is 2.16. The van der Waals surface area contributed by atoms with Crippen molar-refractivity contribution in [1.29, 1.82) is 0 Å². The number of hydrogen-bond donors (Lipinski definition) is 1. The molecule has 0 aliphatic heterocycles. The van der Waals surface area contributed by atoms with E-state index >= 15 is 0 Å². The van der Waals surface area contributed by atoms with Gasteiger partial charge in [-0.15, -0.1) is 0 Å². The van der Waals surface area contributed by atoms with Crippen LogP contribution in [0.2, 0.25) is 0 Å². The molecule has 0 bridgehead atoms. The second-order valence-electron chi connectivity index (χ2n) is 5.79. The third kappa shape index (κ3) is 5.86. The summed E-state index contributed by atoms with van der Waals surface area (Å²) in [5.74, 6) is -0.0244. The van der Waals surface area contributed by atoms with Crippen molar-refractivity contribution in [2.24, 2.45) is 0 Å². The lowest BCUT2D eigenvalue weighted by Crippen LogP contribution is -2.31. The molecule has 0 atom stereocenters. The number of rotatable bonds is 9. The van der Waals surface area contributed by atoms with Crippen LogP contribution in [0, 0.1) is 0 Å². The van der Waals surface area contributed by atoms with E-state index in [0.717, 1.165) is 18.4 Å². The van der Waals surface area contributed by atoms with E-state index in [-0.39, 0.29) is 11.7 Å². The molecule has 1 N–H and O–H groups in total. The van der Waals surface area contributed by atoms with E-state index in [1.165, 1.54) is 0 Å². The van der Waals surface area contributed by atoms with Crippen molar-refractivity contribution in [2.75, 3.05) is 17.0 Å². The van der Waals surface area contributed by atoms with Gasteiger partial charge in [0.2, 0.25) is 10.0 Å². The van der Waals surface area contributed by atoms with Gasteiger partial charge in [-0.2, -0.15) is 11.3 Å². The standard InChI is InChI=1S/C18H24N2O3S2/c1-3-5-11-20(13-15-10-12-24-14-15)18(21)16-6-8-17(9-7-16)19-25(22,23)4-2/h6-10,12,14,19H,3-5,11,13H2,1-2H3. The second-order valence-corrected chi connectivity index (χ2v) is 8.59. The fraction of sp³-hybridized carbons (Fsp3) is 0.389. The third-order valence-electron chi connectivity index (χ3n) is 3.81. The van der Waals surface area contributed by atoms with Crippen LogP contribution in [-0.4, -0.2) is 31.5 Å². The van der Waals surface area contributed by atoms with E-state index in [0.29, 0.717) is 24.3 Å². The predicted molar refractivity (Wildman–Crippen MR) is 103 cm³/mol. The molecule has 0 unspecified atom stereocenters. The van der Waals surface area contributed by atoms with E-state index in [1.54, 1.807) is 42.5 Å². The van der Waals surface area contributed by atoms with Gasteiger partial charge in [-0.25, -0.2) is 8.42 Å². The second kappa shape index (κ2) is 9.01. The number of hydrogen-bond acceptors (Lipinski definition) is 4. The summed E-state index contributed by atoms with van der Waals surface area (Å²) in [6, 6.07) is 8.62. The molecule has 1 amide bonds. The van der Waals surface area contributed by atoms with Crippen LogP contribution in [0.15, 0.2) is 41.1 Å². The highest BCUT2D eigenvalue weighted by atomic mass is 32.2. The van der Waals surface area contributed by atoms with Crippen LogP contribution >= 0.6 is 11.3 Å². The van der Waals surface area contributed by atoms with E-state index in [4.69, 9.17) is 0 Å². The Hall–Kier alpha value is -1.86. The van der Waals surface area contributed by atoms with Gasteiger partial charge < -0.3 is 4.90 Å². The Kier molecular flexibility index (Phi) is 7.01. The first kappa shape index (κ1) is 19.5. The van der Waals surface area contributed by atoms with Gasteiger partial charge in [-0.1, -0.05) is 13.3 Å². The van der Waals surface area contributed by atoms with Crippen LogP contribution in [0.25, 0.3) is 0 Å². The van der Waals surface area contributed by atoms with Gasteiger partial charge in [0.1, 0.15) is 0 Å². The summed E-state index contributed by atoms with van der Waals surface area (Å²) in [6.45, 7) is 4.97. The number of unbranched alkanes of at least 4 members (excludes halogenated alkanes) is 1. The maximum atomic E-state index is 12.8. The summed E-state index contributed by atoms with van der Waals surface area (Å²) < 4.78 is 25.7. The van der Waals surface area contributed by atoms with Crippen molar-refractivity contribution in [2.45, 2.75) is 33.2 Å². The van der Waals surface area contributed by atoms with Crippen LogP contribution in [0.5, 0.6) is 0 Å². The number of nitrogens with zero attached hydrogens (tertiary/aromatic N) is 1. The third-order valence-corrected chi connectivity index (χ3v) is 5.85. The summed E-state index contributed by atoms with van der Waals surface area (Å²) in [5, 5.41) is 4.06. The fourth-order valence-electron chi connectivity index (χ4n) is 2.32. The van der Waals surface area contributed by atoms with Crippen molar-refractivity contribution in [1.82, 2.24) is 4.90 Å². The van der Waals surface area contributed by atoms with Crippen molar-refractivity contribution in [3.8, 4) is 0 Å². The lowest BCUT2D eigenvalue weighted by Gasteiger charge is -2.22. The number of anilines is 1. The van der Waals surface area contributed by atoms with Crippen molar-refractivity contribution >= 4 is 33.0 Å². The highest BCUT2D eigenvalue weighted by Gasteiger charge is 2.16. The molecular weight excluding hydrogens is 356 g/mol. The molecule has 136 valence electrons. The molecule has 5 nitrogen and oxygen atoms in total. The highest BCUT2D eigenvalue weighted by Crippen LogP contribution is 2.16. The molecule has 0 saturated heterocycles. The number of sulfonamides is 1. The summed E-state index contributed by atoms with van der Waals surface area (Å²) in [7, 11) is -3.31. The average Bonchev–Trinajstić information content (AvgIpc) is 3.11. The number of carbonyl (C=O) groups is 1. The number of nitrogens with one attached hydrogen (secondary N) is 1. The minimum Gasteiger partial charge on any atom is -0.334 e. The Morgan fingerprint density at radius 2 is 1.88 bits per heavy atom. The molecule has 2 aromatic rings. The van der Waals surface area contributed by atoms with Gasteiger partial charge in [0, 0.05) is 24.3 Å². The fourth-order valence-corrected chi connectivity index (χ4v) is 3.62. The van der Waals surface area contributed by atoms with Crippen molar-refractivity contribution in [3.05, 3.63) is 52.2 Å². The van der Waals surface area contributed by atoms with Crippen LogP contribution in [0.1, 0.15) is 42.6 Å². The first-order valence-corrected chi connectivity index (χ1v) is 11.0. The number of carbonyl (C=O) groups excluding carboxylic acids is 1. The molecule has 0 spiro atoms. The SMILES string of the molecule is CCCCN(Cc1ccsc1)C(=O)c1ccc(NS(=O)(=O)CC)cc1. The van der Waals surface area contributed by atoms with E-state index in [1.807, 2.05) is 16.3 Å². The number of thiophene rings is 1. The summed E-state index contributed by atoms with van der Waals surface area (Å²) in [6.07, 6.45) is 1.97. The zero-order chi connectivity index (χ0) is 18.3. The van der Waals surface area contributed by atoms with Gasteiger partial charge in [-0.3, -0.25) is 9.52 Å². The largest absolute Gasteiger partial charge is 0.334 e. The topological polar surface area (TPSA) is 66.5 Å². The Morgan fingerprint density at radius 3 is 2.44 bits per heavy atom. The molecule has 0 saturated carbocycles. The molecule has 0 radical (unpaired) electrons. The van der Waals surface area contributed by atoms with Gasteiger partial charge in [0.25, 0.3) is 5.91 Å². The normalized spacial score (nSPS) is 11.3. The summed E-state index contributed by atoms with van der Waals surface area (Å²) in [4.78, 5) is 14.7. The molecular formula is C18H24N2O3S2. The first-order chi connectivity index (χ1) is 11.9. The molecule has 0 aliphatic rings. The van der Waals surface area contributed by atoms with Gasteiger partial charge >= 0.3 is 0 Å². The molecule has 0 aliphatic carbocycles. The summed E-state index contributed by atoms with van der Waals surface area (Å²) >= 11 is 1.62. The van der Waals surface area contributed by atoms with Gasteiger partial charge in [0.15, 0.2) is 0 Å². The molecule has 0 fully saturated rings. The Bertz CT molecular complexity index is 769. The molecule has 7 heteroatoms. The van der Waals surface area contributed by atoms with Crippen molar-refractivity contribution in [3.63, 3.8) is 0 Å². The van der Waals surface area contributed by atoms with Crippen LogP contribution in [0.3, 0.4) is 0 Å². The average molecular weight is 381 g/mol. The van der Waals surface area contributed by atoms with Crippen molar-refractivity contribution < 1.29 is 13.2 Å². The van der Waals surface area contributed by atoms with Gasteiger partial charge in [-0.05, 0) is 60.0 Å². The quantitative estimate of drug-likeness (QED) is 0.716. The maximum absolute atomic E-state index is 12.8. The van der Waals surface area contributed by atoms with E-state index < -0.39 is 10.0 Å². The number of amides is 1. The smallest absolute Gasteiger partial charge is 0.254 e. The predicted octanol–water partition coefficient (Wildman–Crippen LogP) is 3.95.